The normalized spacial score (nSPS) is 17.2. The van der Waals surface area contributed by atoms with Crippen molar-refractivity contribution in [3.8, 4) is 0 Å². The van der Waals surface area contributed by atoms with Crippen LogP contribution in [0.25, 0.3) is 10.2 Å². The number of thiazole rings is 1. The lowest BCUT2D eigenvalue weighted by molar-refractivity contribution is -0.114. The lowest BCUT2D eigenvalue weighted by atomic mass is 9.99. The van der Waals surface area contributed by atoms with Crippen LogP contribution in [0.5, 0.6) is 0 Å². The highest BCUT2D eigenvalue weighted by Crippen LogP contribution is 2.27. The van der Waals surface area contributed by atoms with E-state index in [0.29, 0.717) is 5.13 Å². The van der Waals surface area contributed by atoms with Gasteiger partial charge in [0.05, 0.1) is 10.2 Å². The first-order chi connectivity index (χ1) is 10.1. The summed E-state index contributed by atoms with van der Waals surface area (Å²) in [5.74, 6) is 0.794. The lowest BCUT2D eigenvalue weighted by Crippen LogP contribution is -2.32. The van der Waals surface area contributed by atoms with Crippen LogP contribution in [-0.4, -0.2) is 28.9 Å². The van der Waals surface area contributed by atoms with E-state index in [-0.39, 0.29) is 5.91 Å². The van der Waals surface area contributed by atoms with E-state index in [2.05, 4.69) is 40.3 Å². The van der Waals surface area contributed by atoms with Gasteiger partial charge in [-0.25, -0.2) is 4.98 Å². The summed E-state index contributed by atoms with van der Waals surface area (Å²) in [6.07, 6.45) is 2.60. The minimum Gasteiger partial charge on any atom is -0.302 e. The molecule has 2 heterocycles. The smallest absolute Gasteiger partial charge is 0.223 e. The van der Waals surface area contributed by atoms with Gasteiger partial charge in [0.2, 0.25) is 5.91 Å². The van der Waals surface area contributed by atoms with Crippen molar-refractivity contribution in [2.45, 2.75) is 33.2 Å². The molecule has 1 aromatic carbocycles. The zero-order chi connectivity index (χ0) is 14.8. The van der Waals surface area contributed by atoms with Crippen LogP contribution in [0.15, 0.2) is 18.2 Å². The quantitative estimate of drug-likeness (QED) is 0.944. The predicted octanol–water partition coefficient (Wildman–Crippen LogP) is 3.49. The number of hydrogen-bond acceptors (Lipinski definition) is 4. The molecular formula is C16H21N3OS. The van der Waals surface area contributed by atoms with Crippen LogP contribution in [-0.2, 0) is 11.3 Å². The number of nitrogens with one attached hydrogen (secondary N) is 1. The molecule has 1 aliphatic heterocycles. The SMILES string of the molecule is CC(=O)Nc1nc2ccc(CN3CCC(C)CC3)cc2s1. The van der Waals surface area contributed by atoms with Crippen LogP contribution in [0.2, 0.25) is 0 Å². The molecule has 0 bridgehead atoms. The van der Waals surface area contributed by atoms with E-state index in [0.717, 1.165) is 22.7 Å². The fourth-order valence-corrected chi connectivity index (χ4v) is 3.73. The molecule has 1 fully saturated rings. The van der Waals surface area contributed by atoms with Gasteiger partial charge in [0.25, 0.3) is 0 Å². The van der Waals surface area contributed by atoms with E-state index in [1.54, 1.807) is 11.3 Å². The summed E-state index contributed by atoms with van der Waals surface area (Å²) < 4.78 is 1.14. The average Bonchev–Trinajstić information content (AvgIpc) is 2.82. The van der Waals surface area contributed by atoms with Gasteiger partial charge in [-0.2, -0.15) is 0 Å². The van der Waals surface area contributed by atoms with Crippen LogP contribution >= 0.6 is 11.3 Å². The third-order valence-electron chi connectivity index (χ3n) is 4.02. The van der Waals surface area contributed by atoms with Crippen molar-refractivity contribution in [2.75, 3.05) is 18.4 Å². The van der Waals surface area contributed by atoms with E-state index >= 15 is 0 Å². The summed E-state index contributed by atoms with van der Waals surface area (Å²) in [6.45, 7) is 7.24. The summed E-state index contributed by atoms with van der Waals surface area (Å²) in [7, 11) is 0. The Kier molecular flexibility index (Phi) is 4.22. The number of anilines is 1. The first-order valence-corrected chi connectivity index (χ1v) is 8.31. The second-order valence-electron chi connectivity index (χ2n) is 5.96. The third-order valence-corrected chi connectivity index (χ3v) is 4.95. The molecule has 4 nitrogen and oxygen atoms in total. The Hall–Kier alpha value is -1.46. The van der Waals surface area contributed by atoms with Gasteiger partial charge in [0.15, 0.2) is 5.13 Å². The fourth-order valence-electron chi connectivity index (χ4n) is 2.75. The van der Waals surface area contributed by atoms with Crippen molar-refractivity contribution in [3.63, 3.8) is 0 Å². The Bertz CT molecular complexity index is 644. The zero-order valence-electron chi connectivity index (χ0n) is 12.6. The number of carbonyl (C=O) groups excluding carboxylic acids is 1. The van der Waals surface area contributed by atoms with Gasteiger partial charge >= 0.3 is 0 Å². The molecular weight excluding hydrogens is 282 g/mol. The van der Waals surface area contributed by atoms with Crippen LogP contribution in [0.4, 0.5) is 5.13 Å². The van der Waals surface area contributed by atoms with Gasteiger partial charge in [0, 0.05) is 13.5 Å². The maximum atomic E-state index is 11.1. The van der Waals surface area contributed by atoms with Crippen molar-refractivity contribution in [1.82, 2.24) is 9.88 Å². The summed E-state index contributed by atoms with van der Waals surface area (Å²) in [5.41, 5.74) is 2.29. The number of rotatable bonds is 3. The second kappa shape index (κ2) is 6.12. The van der Waals surface area contributed by atoms with Crippen LogP contribution in [0.3, 0.4) is 0 Å². The second-order valence-corrected chi connectivity index (χ2v) is 6.99. The maximum Gasteiger partial charge on any atom is 0.223 e. The number of piperidine rings is 1. The number of amides is 1. The predicted molar refractivity (Wildman–Crippen MR) is 87.6 cm³/mol. The number of carbonyl (C=O) groups is 1. The number of nitrogens with zero attached hydrogens (tertiary/aromatic N) is 2. The molecule has 0 radical (unpaired) electrons. The van der Waals surface area contributed by atoms with Gasteiger partial charge in [0.1, 0.15) is 0 Å². The molecule has 1 aliphatic rings. The molecule has 0 atom stereocenters. The molecule has 0 aliphatic carbocycles. The Morgan fingerprint density at radius 3 is 2.90 bits per heavy atom. The van der Waals surface area contributed by atoms with E-state index in [1.165, 1.54) is 38.4 Å². The summed E-state index contributed by atoms with van der Waals surface area (Å²) in [6, 6.07) is 6.41. The molecule has 1 aromatic heterocycles. The highest BCUT2D eigenvalue weighted by atomic mass is 32.1. The first-order valence-electron chi connectivity index (χ1n) is 7.49. The maximum absolute atomic E-state index is 11.1. The van der Waals surface area contributed by atoms with Gasteiger partial charge in [-0.3, -0.25) is 9.69 Å². The van der Waals surface area contributed by atoms with Crippen molar-refractivity contribution in [1.29, 1.82) is 0 Å². The molecule has 2 aromatic rings. The molecule has 3 rings (SSSR count). The Morgan fingerprint density at radius 2 is 2.19 bits per heavy atom. The molecule has 0 spiro atoms. The van der Waals surface area contributed by atoms with Crippen molar-refractivity contribution in [3.05, 3.63) is 23.8 Å². The fraction of sp³-hybridized carbons (Fsp3) is 0.500. The van der Waals surface area contributed by atoms with Gasteiger partial charge in [-0.1, -0.05) is 24.3 Å². The Balaban J connectivity index is 1.73. The highest BCUT2D eigenvalue weighted by Gasteiger charge is 2.16. The van der Waals surface area contributed by atoms with Crippen LogP contribution in [0, 0.1) is 5.92 Å². The van der Waals surface area contributed by atoms with Gasteiger partial charge < -0.3 is 5.32 Å². The van der Waals surface area contributed by atoms with Crippen LogP contribution in [0.1, 0.15) is 32.3 Å². The third kappa shape index (κ3) is 3.60. The van der Waals surface area contributed by atoms with E-state index in [1.807, 2.05) is 0 Å². The number of fused-ring (bicyclic) bond motifs is 1. The Morgan fingerprint density at radius 1 is 1.43 bits per heavy atom. The van der Waals surface area contributed by atoms with Crippen molar-refractivity contribution in [2.24, 2.45) is 5.92 Å². The molecule has 112 valence electrons. The zero-order valence-corrected chi connectivity index (χ0v) is 13.4. The molecule has 0 saturated carbocycles. The average molecular weight is 303 g/mol. The minimum atomic E-state index is -0.0725. The summed E-state index contributed by atoms with van der Waals surface area (Å²) in [5, 5.41) is 3.44. The lowest BCUT2D eigenvalue weighted by Gasteiger charge is -2.30. The topological polar surface area (TPSA) is 45.2 Å². The van der Waals surface area contributed by atoms with Gasteiger partial charge in [-0.05, 0) is 49.5 Å². The molecule has 0 unspecified atom stereocenters. The van der Waals surface area contributed by atoms with Crippen molar-refractivity contribution < 1.29 is 4.79 Å². The summed E-state index contributed by atoms with van der Waals surface area (Å²) in [4.78, 5) is 18.0. The molecule has 21 heavy (non-hydrogen) atoms. The number of likely N-dealkylation sites (tertiary alicyclic amines) is 1. The van der Waals surface area contributed by atoms with Gasteiger partial charge in [-0.15, -0.1) is 0 Å². The van der Waals surface area contributed by atoms with E-state index < -0.39 is 0 Å². The molecule has 1 N–H and O–H groups in total. The molecule has 5 heteroatoms. The van der Waals surface area contributed by atoms with E-state index in [4.69, 9.17) is 0 Å². The monoisotopic (exact) mass is 303 g/mol. The van der Waals surface area contributed by atoms with E-state index in [9.17, 15) is 4.79 Å². The molecule has 1 saturated heterocycles. The number of benzene rings is 1. The summed E-state index contributed by atoms with van der Waals surface area (Å²) >= 11 is 1.54. The highest BCUT2D eigenvalue weighted by molar-refractivity contribution is 7.22. The Labute approximate surface area is 129 Å². The standard InChI is InChI=1S/C16H21N3OS/c1-11-5-7-19(8-6-11)10-13-3-4-14-15(9-13)21-16(18-14)17-12(2)20/h3-4,9,11H,5-8,10H2,1-2H3,(H,17,18,20). The first kappa shape index (κ1) is 14.5. The number of aromatic nitrogens is 1. The number of hydrogen-bond donors (Lipinski definition) is 1. The minimum absolute atomic E-state index is 0.0725. The largest absolute Gasteiger partial charge is 0.302 e. The molecule has 1 amide bonds. The van der Waals surface area contributed by atoms with Crippen LogP contribution < -0.4 is 5.32 Å². The van der Waals surface area contributed by atoms with Crippen molar-refractivity contribution >= 4 is 32.6 Å².